The summed E-state index contributed by atoms with van der Waals surface area (Å²) in [5, 5.41) is 0. The fourth-order valence-electron chi connectivity index (χ4n) is 3.41. The number of methoxy groups -OCH3 is 1. The molecule has 3 rings (SSSR count). The Kier molecular flexibility index (Phi) is 4.84. The second kappa shape index (κ2) is 7.02. The van der Waals surface area contributed by atoms with E-state index in [-0.39, 0.29) is 17.8 Å². The van der Waals surface area contributed by atoms with Crippen molar-refractivity contribution in [1.29, 1.82) is 0 Å². The smallest absolute Gasteiger partial charge is 0.337 e. The molecule has 1 amide bonds. The number of hydrogen-bond acceptors (Lipinski definition) is 4. The highest BCUT2D eigenvalue weighted by Crippen LogP contribution is 2.29. The Morgan fingerprint density at radius 2 is 2.00 bits per heavy atom. The number of fused-ring (bicyclic) bond motifs is 1. The van der Waals surface area contributed by atoms with Crippen molar-refractivity contribution >= 4 is 11.9 Å². The maximum atomic E-state index is 12.7. The highest BCUT2D eigenvalue weighted by Gasteiger charge is 2.28. The number of hydrogen-bond donors (Lipinski definition) is 0. The van der Waals surface area contributed by atoms with Crippen LogP contribution in [0.2, 0.25) is 0 Å². The van der Waals surface area contributed by atoms with E-state index >= 15 is 0 Å². The van der Waals surface area contributed by atoms with Crippen LogP contribution in [-0.2, 0) is 16.1 Å². The molecule has 5 nitrogen and oxygen atoms in total. The minimum Gasteiger partial charge on any atom is -0.491 e. The van der Waals surface area contributed by atoms with Gasteiger partial charge in [0, 0.05) is 18.0 Å². The highest BCUT2D eigenvalue weighted by molar-refractivity contribution is 5.90. The average Bonchev–Trinajstić information content (AvgIpc) is 2.82. The summed E-state index contributed by atoms with van der Waals surface area (Å²) in [6.45, 7) is 1.60. The summed E-state index contributed by atoms with van der Waals surface area (Å²) in [5.41, 5.74) is 1.41. The fraction of sp³-hybridized carbons (Fsp3) is 0.556. The van der Waals surface area contributed by atoms with Gasteiger partial charge in [-0.1, -0.05) is 25.3 Å². The summed E-state index contributed by atoms with van der Waals surface area (Å²) < 4.78 is 10.5. The molecule has 1 aliphatic carbocycles. The average molecular weight is 317 g/mol. The molecule has 1 aromatic carbocycles. The number of benzene rings is 1. The minimum atomic E-state index is -0.379. The topological polar surface area (TPSA) is 55.8 Å². The molecule has 5 heteroatoms. The van der Waals surface area contributed by atoms with Gasteiger partial charge in [-0.25, -0.2) is 4.79 Å². The molecule has 0 atom stereocenters. The van der Waals surface area contributed by atoms with Gasteiger partial charge in [-0.15, -0.1) is 0 Å². The zero-order valence-electron chi connectivity index (χ0n) is 13.5. The van der Waals surface area contributed by atoms with Crippen molar-refractivity contribution in [1.82, 2.24) is 4.90 Å². The molecule has 1 heterocycles. The molecular formula is C18H23NO4. The van der Waals surface area contributed by atoms with Gasteiger partial charge in [0.15, 0.2) is 0 Å². The molecule has 124 valence electrons. The van der Waals surface area contributed by atoms with E-state index < -0.39 is 0 Å². The third-order valence-corrected chi connectivity index (χ3v) is 4.73. The van der Waals surface area contributed by atoms with Crippen molar-refractivity contribution in [2.75, 3.05) is 20.3 Å². The van der Waals surface area contributed by atoms with E-state index in [1.807, 2.05) is 11.0 Å². The van der Waals surface area contributed by atoms with Gasteiger partial charge in [-0.2, -0.15) is 0 Å². The first kappa shape index (κ1) is 15.8. The Balaban J connectivity index is 1.75. The van der Waals surface area contributed by atoms with Crippen molar-refractivity contribution in [3.05, 3.63) is 29.3 Å². The summed E-state index contributed by atoms with van der Waals surface area (Å²) >= 11 is 0. The Morgan fingerprint density at radius 3 is 2.74 bits per heavy atom. The van der Waals surface area contributed by atoms with Gasteiger partial charge < -0.3 is 14.4 Å². The van der Waals surface area contributed by atoms with Gasteiger partial charge in [0.05, 0.1) is 19.2 Å². The largest absolute Gasteiger partial charge is 0.491 e. The van der Waals surface area contributed by atoms with E-state index in [4.69, 9.17) is 9.47 Å². The van der Waals surface area contributed by atoms with Crippen molar-refractivity contribution in [2.24, 2.45) is 5.92 Å². The van der Waals surface area contributed by atoms with Gasteiger partial charge in [-0.3, -0.25) is 4.79 Å². The monoisotopic (exact) mass is 317 g/mol. The lowest BCUT2D eigenvalue weighted by atomic mass is 9.88. The molecule has 0 unspecified atom stereocenters. The SMILES string of the molecule is COC(=O)c1ccc2c(c1)OCCN(C(=O)C1CCCCC1)C2. The number of carbonyl (C=O) groups is 2. The van der Waals surface area contributed by atoms with E-state index in [0.717, 1.165) is 31.2 Å². The molecule has 0 aromatic heterocycles. The van der Waals surface area contributed by atoms with Gasteiger partial charge in [0.25, 0.3) is 0 Å². The zero-order chi connectivity index (χ0) is 16.2. The molecule has 1 aliphatic heterocycles. The van der Waals surface area contributed by atoms with Crippen LogP contribution < -0.4 is 4.74 Å². The van der Waals surface area contributed by atoms with E-state index in [9.17, 15) is 9.59 Å². The molecule has 0 radical (unpaired) electrons. The Bertz CT molecular complexity index is 593. The molecule has 23 heavy (non-hydrogen) atoms. The third-order valence-electron chi connectivity index (χ3n) is 4.73. The van der Waals surface area contributed by atoms with Gasteiger partial charge in [0.2, 0.25) is 5.91 Å². The molecular weight excluding hydrogens is 294 g/mol. The number of ether oxygens (including phenoxy) is 2. The molecule has 2 aliphatic rings. The van der Waals surface area contributed by atoms with E-state index in [1.165, 1.54) is 13.5 Å². The van der Waals surface area contributed by atoms with E-state index in [1.54, 1.807) is 12.1 Å². The van der Waals surface area contributed by atoms with Crippen LogP contribution in [0.3, 0.4) is 0 Å². The fourth-order valence-corrected chi connectivity index (χ4v) is 3.41. The lowest BCUT2D eigenvalue weighted by Gasteiger charge is -2.28. The summed E-state index contributed by atoms with van der Waals surface area (Å²) in [7, 11) is 1.36. The molecule has 0 N–H and O–H groups in total. The first-order valence-electron chi connectivity index (χ1n) is 8.32. The Hall–Kier alpha value is -2.04. The van der Waals surface area contributed by atoms with Crippen molar-refractivity contribution < 1.29 is 19.1 Å². The lowest BCUT2D eigenvalue weighted by Crippen LogP contribution is -2.37. The molecule has 0 saturated heterocycles. The van der Waals surface area contributed by atoms with E-state index in [0.29, 0.717) is 31.0 Å². The normalized spacial score (nSPS) is 18.6. The minimum absolute atomic E-state index is 0.166. The van der Waals surface area contributed by atoms with E-state index in [2.05, 4.69) is 0 Å². The summed E-state index contributed by atoms with van der Waals surface area (Å²) in [6.07, 6.45) is 5.56. The Morgan fingerprint density at radius 1 is 1.22 bits per heavy atom. The first-order valence-corrected chi connectivity index (χ1v) is 8.32. The van der Waals surface area contributed by atoms with Crippen LogP contribution >= 0.6 is 0 Å². The second-order valence-corrected chi connectivity index (χ2v) is 6.26. The van der Waals surface area contributed by atoms with Crippen LogP contribution in [-0.4, -0.2) is 37.0 Å². The van der Waals surface area contributed by atoms with Gasteiger partial charge in [0.1, 0.15) is 12.4 Å². The number of nitrogens with zero attached hydrogens (tertiary/aromatic N) is 1. The predicted molar refractivity (Wildman–Crippen MR) is 85.3 cm³/mol. The van der Waals surface area contributed by atoms with Crippen LogP contribution in [0.5, 0.6) is 5.75 Å². The highest BCUT2D eigenvalue weighted by atomic mass is 16.5. The quantitative estimate of drug-likeness (QED) is 0.787. The van der Waals surface area contributed by atoms with Crippen LogP contribution in [0.15, 0.2) is 18.2 Å². The number of amides is 1. The van der Waals surface area contributed by atoms with Crippen molar-refractivity contribution in [3.63, 3.8) is 0 Å². The number of esters is 1. The van der Waals surface area contributed by atoms with Crippen molar-refractivity contribution in [3.8, 4) is 5.75 Å². The molecule has 1 fully saturated rings. The molecule has 1 saturated carbocycles. The van der Waals surface area contributed by atoms with Crippen LogP contribution in [0.4, 0.5) is 0 Å². The summed E-state index contributed by atoms with van der Waals surface area (Å²) in [4.78, 5) is 26.3. The number of carbonyl (C=O) groups excluding carboxylic acids is 2. The second-order valence-electron chi connectivity index (χ2n) is 6.26. The van der Waals surface area contributed by atoms with Gasteiger partial charge in [-0.05, 0) is 25.0 Å². The molecule has 0 spiro atoms. The standard InChI is InChI=1S/C18H23NO4/c1-22-18(21)14-7-8-15-12-19(9-10-23-16(15)11-14)17(20)13-5-3-2-4-6-13/h7-8,11,13H,2-6,9-10,12H2,1H3. The zero-order valence-corrected chi connectivity index (χ0v) is 13.5. The summed E-state index contributed by atoms with van der Waals surface area (Å²) in [6, 6.07) is 5.28. The number of rotatable bonds is 2. The first-order chi connectivity index (χ1) is 11.2. The Labute approximate surface area is 136 Å². The van der Waals surface area contributed by atoms with Crippen LogP contribution in [0, 0.1) is 5.92 Å². The third kappa shape index (κ3) is 3.49. The van der Waals surface area contributed by atoms with Crippen LogP contribution in [0.25, 0.3) is 0 Å². The van der Waals surface area contributed by atoms with Crippen LogP contribution in [0.1, 0.15) is 48.0 Å². The van der Waals surface area contributed by atoms with Gasteiger partial charge >= 0.3 is 5.97 Å². The maximum Gasteiger partial charge on any atom is 0.337 e. The molecule has 0 bridgehead atoms. The maximum absolute atomic E-state index is 12.7. The predicted octanol–water partition coefficient (Wildman–Crippen LogP) is 2.77. The molecule has 1 aromatic rings. The lowest BCUT2D eigenvalue weighted by molar-refractivity contribution is -0.137. The summed E-state index contributed by atoms with van der Waals surface area (Å²) in [5.74, 6) is 0.709. The van der Waals surface area contributed by atoms with Crippen molar-refractivity contribution in [2.45, 2.75) is 38.6 Å².